The number of benzene rings is 1. The van der Waals surface area contributed by atoms with E-state index in [1.54, 1.807) is 7.11 Å². The Morgan fingerprint density at radius 3 is 2.75 bits per heavy atom. The highest BCUT2D eigenvalue weighted by molar-refractivity contribution is 9.10. The zero-order valence-corrected chi connectivity index (χ0v) is 14.4. The minimum Gasteiger partial charge on any atom is -0.495 e. The van der Waals surface area contributed by atoms with Crippen LogP contribution in [-0.2, 0) is 0 Å². The zero-order valence-electron chi connectivity index (χ0n) is 12.8. The van der Waals surface area contributed by atoms with Gasteiger partial charge in [0.1, 0.15) is 5.75 Å². The van der Waals surface area contributed by atoms with Gasteiger partial charge in [-0.3, -0.25) is 0 Å². The lowest BCUT2D eigenvalue weighted by molar-refractivity contribution is 0.414. The molecule has 112 valence electrons. The molecule has 2 rings (SSSR count). The maximum atomic E-state index is 5.53. The molecule has 2 unspecified atom stereocenters. The number of anilines is 1. The molecule has 1 N–H and O–H groups in total. The van der Waals surface area contributed by atoms with Crippen LogP contribution in [0.2, 0.25) is 0 Å². The molecule has 3 heteroatoms. The largest absolute Gasteiger partial charge is 0.495 e. The third-order valence-corrected chi connectivity index (χ3v) is 4.96. The normalized spacial score (nSPS) is 23.2. The number of halogens is 1. The van der Waals surface area contributed by atoms with Crippen molar-refractivity contribution in [2.45, 2.75) is 58.4 Å². The highest BCUT2D eigenvalue weighted by atomic mass is 79.9. The van der Waals surface area contributed by atoms with E-state index in [0.717, 1.165) is 21.8 Å². The van der Waals surface area contributed by atoms with Gasteiger partial charge in [0.25, 0.3) is 0 Å². The van der Waals surface area contributed by atoms with Gasteiger partial charge < -0.3 is 10.1 Å². The first-order valence-electron chi connectivity index (χ1n) is 7.74. The van der Waals surface area contributed by atoms with Crippen molar-refractivity contribution in [3.8, 4) is 5.75 Å². The van der Waals surface area contributed by atoms with E-state index in [2.05, 4.69) is 41.2 Å². The Hall–Kier alpha value is -0.700. The third kappa shape index (κ3) is 3.91. The maximum absolute atomic E-state index is 5.53. The lowest BCUT2D eigenvalue weighted by Gasteiger charge is -2.22. The molecule has 0 heterocycles. The van der Waals surface area contributed by atoms with E-state index in [9.17, 15) is 0 Å². The van der Waals surface area contributed by atoms with Gasteiger partial charge in [-0.25, -0.2) is 0 Å². The van der Waals surface area contributed by atoms with Crippen LogP contribution in [0.5, 0.6) is 5.75 Å². The molecule has 0 amide bonds. The van der Waals surface area contributed by atoms with Crippen LogP contribution in [0.15, 0.2) is 16.6 Å². The molecule has 0 bridgehead atoms. The Morgan fingerprint density at radius 1 is 1.25 bits per heavy atom. The molecule has 2 nitrogen and oxygen atoms in total. The van der Waals surface area contributed by atoms with Gasteiger partial charge in [-0.2, -0.15) is 0 Å². The van der Waals surface area contributed by atoms with Crippen molar-refractivity contribution in [1.82, 2.24) is 0 Å². The fourth-order valence-corrected chi connectivity index (χ4v) is 3.74. The van der Waals surface area contributed by atoms with Crippen molar-refractivity contribution >= 4 is 21.6 Å². The zero-order chi connectivity index (χ0) is 14.5. The van der Waals surface area contributed by atoms with Crippen LogP contribution in [-0.4, -0.2) is 13.2 Å². The lowest BCUT2D eigenvalue weighted by Crippen LogP contribution is -2.19. The monoisotopic (exact) mass is 339 g/mol. The standard InChI is InChI=1S/C17H26BrNO/c1-4-13-6-5-7-15(9-8-13)19-17-12(2)10-14(18)11-16(17)20-3/h10-11,13,15,19H,4-9H2,1-3H3. The van der Waals surface area contributed by atoms with Gasteiger partial charge in [-0.05, 0) is 49.8 Å². The predicted octanol–water partition coefficient (Wildman–Crippen LogP) is 5.54. The van der Waals surface area contributed by atoms with E-state index < -0.39 is 0 Å². The molecule has 0 saturated heterocycles. The van der Waals surface area contributed by atoms with Crippen LogP contribution in [0.1, 0.15) is 51.0 Å². The van der Waals surface area contributed by atoms with Gasteiger partial charge in [0.15, 0.2) is 0 Å². The van der Waals surface area contributed by atoms with E-state index in [4.69, 9.17) is 4.74 Å². The van der Waals surface area contributed by atoms with Crippen molar-refractivity contribution in [2.75, 3.05) is 12.4 Å². The molecule has 0 radical (unpaired) electrons. The molecule has 0 spiro atoms. The molecule has 1 fully saturated rings. The molecule has 2 atom stereocenters. The number of rotatable bonds is 4. The lowest BCUT2D eigenvalue weighted by atomic mass is 9.98. The Bertz CT molecular complexity index is 447. The van der Waals surface area contributed by atoms with Gasteiger partial charge in [0.2, 0.25) is 0 Å². The van der Waals surface area contributed by atoms with Crippen LogP contribution < -0.4 is 10.1 Å². The van der Waals surface area contributed by atoms with Gasteiger partial charge in [-0.15, -0.1) is 0 Å². The van der Waals surface area contributed by atoms with E-state index in [0.29, 0.717) is 6.04 Å². The van der Waals surface area contributed by atoms with E-state index >= 15 is 0 Å². The number of nitrogens with one attached hydrogen (secondary N) is 1. The summed E-state index contributed by atoms with van der Waals surface area (Å²) in [5.74, 6) is 1.86. The number of methoxy groups -OCH3 is 1. The number of aryl methyl sites for hydroxylation is 1. The minimum absolute atomic E-state index is 0.584. The average Bonchev–Trinajstić information content (AvgIpc) is 2.66. The first-order valence-corrected chi connectivity index (χ1v) is 8.54. The average molecular weight is 340 g/mol. The Balaban J connectivity index is 2.09. The number of hydrogen-bond acceptors (Lipinski definition) is 2. The fraction of sp³-hybridized carbons (Fsp3) is 0.647. The molecule has 20 heavy (non-hydrogen) atoms. The van der Waals surface area contributed by atoms with Gasteiger partial charge in [0.05, 0.1) is 12.8 Å². The molecular formula is C17H26BrNO. The highest BCUT2D eigenvalue weighted by Crippen LogP contribution is 2.35. The molecule has 1 saturated carbocycles. The van der Waals surface area contributed by atoms with Crippen LogP contribution in [0, 0.1) is 12.8 Å². The molecule has 1 aromatic rings. The summed E-state index contributed by atoms with van der Waals surface area (Å²) in [6.45, 7) is 4.46. The molecule has 1 aliphatic rings. The molecular weight excluding hydrogens is 314 g/mol. The van der Waals surface area contributed by atoms with Crippen molar-refractivity contribution in [2.24, 2.45) is 5.92 Å². The van der Waals surface area contributed by atoms with Gasteiger partial charge >= 0.3 is 0 Å². The van der Waals surface area contributed by atoms with Gasteiger partial charge in [0, 0.05) is 10.5 Å². The maximum Gasteiger partial charge on any atom is 0.143 e. The minimum atomic E-state index is 0.584. The third-order valence-electron chi connectivity index (χ3n) is 4.50. The summed E-state index contributed by atoms with van der Waals surface area (Å²) >= 11 is 3.54. The first-order chi connectivity index (χ1) is 9.63. The Morgan fingerprint density at radius 2 is 2.05 bits per heavy atom. The van der Waals surface area contributed by atoms with Crippen molar-refractivity contribution in [3.63, 3.8) is 0 Å². The number of ether oxygens (including phenoxy) is 1. The summed E-state index contributed by atoms with van der Waals surface area (Å²) in [7, 11) is 1.74. The second kappa shape index (κ2) is 7.35. The molecule has 0 aromatic heterocycles. The van der Waals surface area contributed by atoms with E-state index in [-0.39, 0.29) is 0 Å². The van der Waals surface area contributed by atoms with E-state index in [1.807, 2.05) is 6.07 Å². The fourth-order valence-electron chi connectivity index (χ4n) is 3.19. The van der Waals surface area contributed by atoms with Crippen molar-refractivity contribution < 1.29 is 4.74 Å². The molecule has 1 aliphatic carbocycles. The van der Waals surface area contributed by atoms with Crippen molar-refractivity contribution in [3.05, 3.63) is 22.2 Å². The molecule has 0 aliphatic heterocycles. The topological polar surface area (TPSA) is 21.3 Å². The second-order valence-corrected chi connectivity index (χ2v) is 6.84. The quantitative estimate of drug-likeness (QED) is 0.727. The summed E-state index contributed by atoms with van der Waals surface area (Å²) < 4.78 is 6.60. The second-order valence-electron chi connectivity index (χ2n) is 5.92. The molecule has 1 aromatic carbocycles. The summed E-state index contributed by atoms with van der Waals surface area (Å²) in [5.41, 5.74) is 2.41. The smallest absolute Gasteiger partial charge is 0.143 e. The van der Waals surface area contributed by atoms with Crippen LogP contribution in [0.3, 0.4) is 0 Å². The SMILES string of the molecule is CCC1CCCC(Nc2c(C)cc(Br)cc2OC)CC1. The Labute approximate surface area is 131 Å². The van der Waals surface area contributed by atoms with Crippen LogP contribution in [0.25, 0.3) is 0 Å². The predicted molar refractivity (Wildman–Crippen MR) is 89.7 cm³/mol. The van der Waals surface area contributed by atoms with Crippen molar-refractivity contribution in [1.29, 1.82) is 0 Å². The highest BCUT2D eigenvalue weighted by Gasteiger charge is 2.19. The number of hydrogen-bond donors (Lipinski definition) is 1. The summed E-state index contributed by atoms with van der Waals surface area (Å²) in [6.07, 6.45) is 7.96. The summed E-state index contributed by atoms with van der Waals surface area (Å²) in [5, 5.41) is 3.73. The van der Waals surface area contributed by atoms with Crippen LogP contribution >= 0.6 is 15.9 Å². The van der Waals surface area contributed by atoms with E-state index in [1.165, 1.54) is 44.1 Å². The van der Waals surface area contributed by atoms with Gasteiger partial charge in [-0.1, -0.05) is 42.1 Å². The van der Waals surface area contributed by atoms with Crippen LogP contribution in [0.4, 0.5) is 5.69 Å². The Kier molecular flexibility index (Phi) is 5.76. The summed E-state index contributed by atoms with van der Waals surface area (Å²) in [4.78, 5) is 0. The first kappa shape index (κ1) is 15.7. The summed E-state index contributed by atoms with van der Waals surface area (Å²) in [6, 6.07) is 4.78.